The molecule has 0 saturated carbocycles. The van der Waals surface area contributed by atoms with E-state index in [0.717, 1.165) is 31.2 Å². The van der Waals surface area contributed by atoms with Gasteiger partial charge in [-0.25, -0.2) is 4.99 Å². The number of likely N-dealkylation sites (N-methyl/N-ethyl adjacent to an activating group) is 1. The number of carbonyl (C=O) groups is 1. The maximum atomic E-state index is 12.3. The molecular formula is C22H35IN6O. The lowest BCUT2D eigenvalue weighted by Crippen LogP contribution is -2.38. The molecule has 0 aliphatic heterocycles. The summed E-state index contributed by atoms with van der Waals surface area (Å²) in [7, 11) is 8.05. The fourth-order valence-corrected chi connectivity index (χ4v) is 2.92. The highest BCUT2D eigenvalue weighted by atomic mass is 127. The lowest BCUT2D eigenvalue weighted by Gasteiger charge is -2.22. The van der Waals surface area contributed by atoms with Crippen molar-refractivity contribution in [3.8, 4) is 0 Å². The minimum Gasteiger partial charge on any atom is -0.357 e. The molecule has 0 radical (unpaired) electrons. The van der Waals surface area contributed by atoms with Gasteiger partial charge < -0.3 is 25.0 Å². The SMILES string of the molecule is CCNC(=NCc1cccc(C(=O)NCCN(C)C)c1)N(C)Cc1cccn1C.I. The molecule has 0 saturated heterocycles. The number of nitrogens with one attached hydrogen (secondary N) is 2. The van der Waals surface area contributed by atoms with Gasteiger partial charge in [0, 0.05) is 51.2 Å². The highest BCUT2D eigenvalue weighted by Gasteiger charge is 2.09. The van der Waals surface area contributed by atoms with Crippen molar-refractivity contribution in [2.45, 2.75) is 20.0 Å². The van der Waals surface area contributed by atoms with E-state index in [0.29, 0.717) is 18.7 Å². The van der Waals surface area contributed by atoms with Crippen molar-refractivity contribution in [1.29, 1.82) is 0 Å². The molecule has 7 nitrogen and oxygen atoms in total. The molecule has 1 aromatic heterocycles. The monoisotopic (exact) mass is 526 g/mol. The summed E-state index contributed by atoms with van der Waals surface area (Å²) in [5.41, 5.74) is 2.89. The molecule has 0 spiro atoms. The molecule has 2 rings (SSSR count). The van der Waals surface area contributed by atoms with Crippen LogP contribution < -0.4 is 10.6 Å². The molecular weight excluding hydrogens is 491 g/mol. The first-order chi connectivity index (χ1) is 13.9. The number of aliphatic imine (C=N–C) groups is 1. The van der Waals surface area contributed by atoms with E-state index >= 15 is 0 Å². The van der Waals surface area contributed by atoms with Gasteiger partial charge in [-0.15, -0.1) is 24.0 Å². The first-order valence-electron chi connectivity index (χ1n) is 10.0. The van der Waals surface area contributed by atoms with Gasteiger partial charge in [-0.2, -0.15) is 0 Å². The predicted octanol–water partition coefficient (Wildman–Crippen LogP) is 2.53. The second-order valence-electron chi connectivity index (χ2n) is 7.40. The molecule has 0 aliphatic rings. The van der Waals surface area contributed by atoms with Crippen molar-refractivity contribution in [1.82, 2.24) is 25.0 Å². The maximum Gasteiger partial charge on any atom is 0.251 e. The van der Waals surface area contributed by atoms with E-state index in [9.17, 15) is 4.79 Å². The number of nitrogens with zero attached hydrogens (tertiary/aromatic N) is 4. The van der Waals surface area contributed by atoms with E-state index in [1.165, 1.54) is 5.69 Å². The van der Waals surface area contributed by atoms with Crippen molar-refractivity contribution in [2.24, 2.45) is 12.0 Å². The van der Waals surface area contributed by atoms with Gasteiger partial charge in [-0.3, -0.25) is 4.79 Å². The third-order valence-electron chi connectivity index (χ3n) is 4.59. The molecule has 1 aromatic carbocycles. The zero-order chi connectivity index (χ0) is 21.2. The highest BCUT2D eigenvalue weighted by molar-refractivity contribution is 14.0. The van der Waals surface area contributed by atoms with Crippen LogP contribution >= 0.6 is 24.0 Å². The zero-order valence-electron chi connectivity index (χ0n) is 18.7. The Balaban J connectivity index is 0.00000450. The number of benzene rings is 1. The minimum atomic E-state index is -0.0505. The summed E-state index contributed by atoms with van der Waals surface area (Å²) in [5.74, 6) is 0.792. The number of aryl methyl sites for hydroxylation is 1. The second kappa shape index (κ2) is 13.3. The zero-order valence-corrected chi connectivity index (χ0v) is 21.0. The van der Waals surface area contributed by atoms with E-state index in [4.69, 9.17) is 4.99 Å². The first-order valence-corrected chi connectivity index (χ1v) is 10.0. The van der Waals surface area contributed by atoms with Crippen LogP contribution in [0.1, 0.15) is 28.5 Å². The van der Waals surface area contributed by atoms with Gasteiger partial charge in [-0.05, 0) is 50.8 Å². The number of halogens is 1. The number of hydrogen-bond acceptors (Lipinski definition) is 3. The Labute approximate surface area is 197 Å². The topological polar surface area (TPSA) is 64.9 Å². The fourth-order valence-electron chi connectivity index (χ4n) is 2.92. The van der Waals surface area contributed by atoms with E-state index in [1.54, 1.807) is 0 Å². The van der Waals surface area contributed by atoms with Gasteiger partial charge in [0.2, 0.25) is 0 Å². The Morgan fingerprint density at radius 1 is 1.13 bits per heavy atom. The van der Waals surface area contributed by atoms with Crippen LogP contribution in [0.3, 0.4) is 0 Å². The van der Waals surface area contributed by atoms with Gasteiger partial charge in [0.1, 0.15) is 0 Å². The smallest absolute Gasteiger partial charge is 0.251 e. The van der Waals surface area contributed by atoms with E-state index < -0.39 is 0 Å². The summed E-state index contributed by atoms with van der Waals surface area (Å²) in [6.45, 7) is 5.58. The Morgan fingerprint density at radius 2 is 1.90 bits per heavy atom. The fraction of sp³-hybridized carbons (Fsp3) is 0.455. The molecule has 2 aromatic rings. The second-order valence-corrected chi connectivity index (χ2v) is 7.40. The number of guanidine groups is 1. The summed E-state index contributed by atoms with van der Waals surface area (Å²) in [4.78, 5) is 21.3. The standard InChI is InChI=1S/C22H34N6O.HI/c1-6-23-22(28(5)17-20-11-8-13-27(20)4)25-16-18-9-7-10-19(15-18)21(29)24-12-14-26(2)3;/h7-11,13,15H,6,12,14,16-17H2,1-5H3,(H,23,25)(H,24,29);1H. The Kier molecular flexibility index (Phi) is 11.5. The van der Waals surface area contributed by atoms with Gasteiger partial charge in [-0.1, -0.05) is 12.1 Å². The van der Waals surface area contributed by atoms with Crippen LogP contribution in [0.15, 0.2) is 47.6 Å². The summed E-state index contributed by atoms with van der Waals surface area (Å²) < 4.78 is 2.11. The molecule has 1 amide bonds. The number of rotatable bonds is 9. The molecule has 0 unspecified atom stereocenters. The van der Waals surface area contributed by atoms with Crippen LogP contribution in [-0.4, -0.2) is 67.0 Å². The van der Waals surface area contributed by atoms with Crippen LogP contribution in [0, 0.1) is 0 Å². The lowest BCUT2D eigenvalue weighted by molar-refractivity contribution is 0.0951. The summed E-state index contributed by atoms with van der Waals surface area (Å²) in [6.07, 6.45) is 2.04. The summed E-state index contributed by atoms with van der Waals surface area (Å²) in [6, 6.07) is 11.8. The number of carbonyl (C=O) groups excluding carboxylic acids is 1. The molecule has 30 heavy (non-hydrogen) atoms. The van der Waals surface area contributed by atoms with Gasteiger partial charge in [0.05, 0.1) is 13.1 Å². The van der Waals surface area contributed by atoms with E-state index in [-0.39, 0.29) is 29.9 Å². The molecule has 8 heteroatoms. The van der Waals surface area contributed by atoms with Crippen LogP contribution in [-0.2, 0) is 20.1 Å². The van der Waals surface area contributed by atoms with E-state index in [2.05, 4.69) is 33.1 Å². The maximum absolute atomic E-state index is 12.3. The Morgan fingerprint density at radius 3 is 2.53 bits per heavy atom. The minimum absolute atomic E-state index is 0. The molecule has 1 heterocycles. The average Bonchev–Trinajstić information content (AvgIpc) is 3.09. The normalized spacial score (nSPS) is 11.2. The largest absolute Gasteiger partial charge is 0.357 e. The lowest BCUT2D eigenvalue weighted by atomic mass is 10.1. The van der Waals surface area contributed by atoms with Crippen molar-refractivity contribution in [3.63, 3.8) is 0 Å². The molecule has 0 aliphatic carbocycles. The quantitative estimate of drug-likeness (QED) is 0.300. The first kappa shape index (κ1) is 26.0. The van der Waals surface area contributed by atoms with Gasteiger partial charge in [0.15, 0.2) is 5.96 Å². The van der Waals surface area contributed by atoms with Crippen LogP contribution in [0.25, 0.3) is 0 Å². The van der Waals surface area contributed by atoms with Gasteiger partial charge >= 0.3 is 0 Å². The molecule has 0 atom stereocenters. The summed E-state index contributed by atoms with van der Waals surface area (Å²) in [5, 5.41) is 6.29. The van der Waals surface area contributed by atoms with E-state index in [1.807, 2.05) is 69.6 Å². The van der Waals surface area contributed by atoms with Crippen LogP contribution in [0.2, 0.25) is 0 Å². The summed E-state index contributed by atoms with van der Waals surface area (Å²) >= 11 is 0. The number of aromatic nitrogens is 1. The number of amides is 1. The van der Waals surface area contributed by atoms with Gasteiger partial charge in [0.25, 0.3) is 5.91 Å². The molecule has 0 fully saturated rings. The van der Waals surface area contributed by atoms with Crippen molar-refractivity contribution in [3.05, 3.63) is 59.4 Å². The van der Waals surface area contributed by atoms with Crippen LogP contribution in [0.4, 0.5) is 0 Å². The highest BCUT2D eigenvalue weighted by Crippen LogP contribution is 2.08. The third-order valence-corrected chi connectivity index (χ3v) is 4.59. The van der Waals surface area contributed by atoms with Crippen molar-refractivity contribution < 1.29 is 4.79 Å². The Hall–Kier alpha value is -2.07. The molecule has 2 N–H and O–H groups in total. The molecule has 0 bridgehead atoms. The molecule has 166 valence electrons. The average molecular weight is 526 g/mol. The third kappa shape index (κ3) is 8.35. The number of hydrogen-bond donors (Lipinski definition) is 2. The van der Waals surface area contributed by atoms with Crippen molar-refractivity contribution >= 4 is 35.8 Å². The van der Waals surface area contributed by atoms with Crippen LogP contribution in [0.5, 0.6) is 0 Å². The van der Waals surface area contributed by atoms with Crippen molar-refractivity contribution in [2.75, 3.05) is 40.8 Å². The Bertz CT molecular complexity index is 817. The predicted molar refractivity (Wildman–Crippen MR) is 134 cm³/mol.